The molecule has 2 aromatic heterocycles. The maximum Gasteiger partial charge on any atom is 0.271 e. The average molecular weight is 398 g/mol. The summed E-state index contributed by atoms with van der Waals surface area (Å²) in [5.41, 5.74) is 1.00. The molecular weight excluding hydrogens is 380 g/mol. The second kappa shape index (κ2) is 7.85. The lowest BCUT2D eigenvalue weighted by atomic mass is 10.1. The first-order valence-electron chi connectivity index (χ1n) is 8.42. The van der Waals surface area contributed by atoms with Crippen LogP contribution in [0.25, 0.3) is 0 Å². The van der Waals surface area contributed by atoms with Crippen LogP contribution in [0.15, 0.2) is 66.3 Å². The maximum atomic E-state index is 13.0. The molecule has 0 amide bonds. The summed E-state index contributed by atoms with van der Waals surface area (Å²) in [5.74, 6) is 1.44. The summed E-state index contributed by atoms with van der Waals surface area (Å²) >= 11 is 7.02. The van der Waals surface area contributed by atoms with Crippen LogP contribution in [0.5, 0.6) is 11.5 Å². The van der Waals surface area contributed by atoms with Crippen molar-refractivity contribution in [3.8, 4) is 11.5 Å². The van der Waals surface area contributed by atoms with Crippen molar-refractivity contribution >= 4 is 34.3 Å². The predicted molar refractivity (Wildman–Crippen MR) is 106 cm³/mol. The van der Waals surface area contributed by atoms with Crippen LogP contribution in [0.3, 0.4) is 0 Å². The molecule has 0 fully saturated rings. The van der Waals surface area contributed by atoms with Crippen molar-refractivity contribution in [3.63, 3.8) is 0 Å². The molecule has 27 heavy (non-hydrogen) atoms. The highest BCUT2D eigenvalue weighted by atomic mass is 32.1. The maximum absolute atomic E-state index is 13.0. The van der Waals surface area contributed by atoms with Crippen molar-refractivity contribution in [2.24, 2.45) is 0 Å². The van der Waals surface area contributed by atoms with Gasteiger partial charge in [-0.15, -0.1) is 11.3 Å². The third-order valence-electron chi connectivity index (χ3n) is 4.20. The number of nitrogens with zero attached hydrogens (tertiary/aromatic N) is 1. The number of ether oxygens (including phenoxy) is 2. The first-order valence-corrected chi connectivity index (χ1v) is 9.71. The summed E-state index contributed by atoms with van der Waals surface area (Å²) in [6, 6.07) is 14.5. The van der Waals surface area contributed by atoms with Gasteiger partial charge in [0.25, 0.3) is 6.04 Å². The van der Waals surface area contributed by atoms with Gasteiger partial charge < -0.3 is 14.8 Å². The average Bonchev–Trinajstić information content (AvgIpc) is 3.38. The summed E-state index contributed by atoms with van der Waals surface area (Å²) in [6.07, 6.45) is 3.70. The molecule has 0 saturated heterocycles. The van der Waals surface area contributed by atoms with E-state index < -0.39 is 6.04 Å². The summed E-state index contributed by atoms with van der Waals surface area (Å²) in [7, 11) is 0. The van der Waals surface area contributed by atoms with E-state index in [9.17, 15) is 4.79 Å². The molecule has 0 spiro atoms. The zero-order chi connectivity index (χ0) is 18.6. The zero-order valence-electron chi connectivity index (χ0n) is 14.3. The number of rotatable bonds is 6. The topological polar surface area (TPSA) is 51.4 Å². The molecule has 0 aliphatic carbocycles. The number of carbonyl (C=O) groups excluding carboxylic acids is 1. The minimum absolute atomic E-state index is 0.0237. The van der Waals surface area contributed by atoms with Crippen molar-refractivity contribution in [3.05, 3.63) is 76.7 Å². The molecule has 5 nitrogen and oxygen atoms in total. The third kappa shape index (κ3) is 3.84. The second-order valence-electron chi connectivity index (χ2n) is 5.97. The molecule has 1 atom stereocenters. The molecule has 1 aromatic carbocycles. The fourth-order valence-electron chi connectivity index (χ4n) is 2.86. The van der Waals surface area contributed by atoms with Gasteiger partial charge in [0.05, 0.1) is 4.88 Å². The Labute approximate surface area is 166 Å². The summed E-state index contributed by atoms with van der Waals surface area (Å²) in [4.78, 5) is 14.2. The van der Waals surface area contributed by atoms with E-state index in [2.05, 4.69) is 5.32 Å². The summed E-state index contributed by atoms with van der Waals surface area (Å²) < 4.78 is 12.6. The number of fused-ring (bicyclic) bond motifs is 1. The van der Waals surface area contributed by atoms with Gasteiger partial charge in [-0.05, 0) is 29.1 Å². The summed E-state index contributed by atoms with van der Waals surface area (Å²) in [6.45, 7) is 0.740. The first kappa shape index (κ1) is 17.6. The quantitative estimate of drug-likeness (QED) is 0.393. The molecule has 7 heteroatoms. The number of pyridine rings is 1. The van der Waals surface area contributed by atoms with Gasteiger partial charge >= 0.3 is 0 Å². The van der Waals surface area contributed by atoms with Gasteiger partial charge in [0, 0.05) is 18.7 Å². The number of benzene rings is 1. The Hall–Kier alpha value is -2.77. The van der Waals surface area contributed by atoms with Gasteiger partial charge in [-0.2, -0.15) is 4.57 Å². The number of carbonyl (C=O) groups is 1. The fourth-order valence-corrected chi connectivity index (χ4v) is 3.85. The fraction of sp³-hybridized carbons (Fsp3) is 0.150. The number of thiocarbonyl (C=S) groups is 1. The Morgan fingerprint density at radius 1 is 1.15 bits per heavy atom. The minimum Gasteiger partial charge on any atom is -0.454 e. The largest absolute Gasteiger partial charge is 0.454 e. The van der Waals surface area contributed by atoms with E-state index in [0.29, 0.717) is 16.4 Å². The first-order chi connectivity index (χ1) is 13.2. The van der Waals surface area contributed by atoms with Gasteiger partial charge in [-0.3, -0.25) is 4.79 Å². The lowest BCUT2D eigenvalue weighted by Crippen LogP contribution is -2.51. The zero-order valence-corrected chi connectivity index (χ0v) is 16.0. The van der Waals surface area contributed by atoms with Crippen molar-refractivity contribution in [1.82, 2.24) is 5.32 Å². The van der Waals surface area contributed by atoms with Crippen LogP contribution >= 0.6 is 23.6 Å². The number of hydrogen-bond donors (Lipinski definition) is 1. The Morgan fingerprint density at radius 3 is 2.74 bits per heavy atom. The molecule has 136 valence electrons. The SMILES string of the molecule is O=C(c1cccs1)[C@@H](C(=S)NCc1ccc2c(c1)OCO2)[n+]1ccccc1. The molecule has 4 rings (SSSR count). The van der Waals surface area contributed by atoms with E-state index in [1.54, 1.807) is 0 Å². The highest BCUT2D eigenvalue weighted by Gasteiger charge is 2.33. The minimum atomic E-state index is -0.589. The van der Waals surface area contributed by atoms with Gasteiger partial charge in [-0.1, -0.05) is 30.4 Å². The second-order valence-corrected chi connectivity index (χ2v) is 7.36. The van der Waals surface area contributed by atoms with Crippen LogP contribution in [0, 0.1) is 0 Å². The van der Waals surface area contributed by atoms with Gasteiger partial charge in [0.1, 0.15) is 0 Å². The molecule has 0 saturated carbocycles. The van der Waals surface area contributed by atoms with Crippen LogP contribution in [0.4, 0.5) is 0 Å². The van der Waals surface area contributed by atoms with E-state index in [1.807, 2.05) is 70.9 Å². The predicted octanol–water partition coefficient (Wildman–Crippen LogP) is 3.31. The molecule has 1 aliphatic heterocycles. The van der Waals surface area contributed by atoms with E-state index in [4.69, 9.17) is 21.7 Å². The van der Waals surface area contributed by atoms with Crippen molar-refractivity contribution in [2.45, 2.75) is 12.6 Å². The van der Waals surface area contributed by atoms with Gasteiger partial charge in [0.2, 0.25) is 12.6 Å². The monoisotopic (exact) mass is 397 g/mol. The van der Waals surface area contributed by atoms with Crippen LogP contribution in [0.1, 0.15) is 21.3 Å². The van der Waals surface area contributed by atoms with Crippen molar-refractivity contribution in [1.29, 1.82) is 0 Å². The van der Waals surface area contributed by atoms with Crippen molar-refractivity contribution in [2.75, 3.05) is 6.79 Å². The molecule has 0 unspecified atom stereocenters. The Balaban J connectivity index is 1.53. The van der Waals surface area contributed by atoms with Crippen LogP contribution in [-0.2, 0) is 6.54 Å². The Kier molecular flexibility index (Phi) is 5.13. The standard InChI is InChI=1S/C20H16N2O3S2/c23-19(17-5-4-10-27-17)18(22-8-2-1-3-9-22)20(26)21-12-14-6-7-15-16(11-14)25-13-24-15/h1-11,18H,12-13H2/p+1/t18-/m0/s1. The van der Waals surface area contributed by atoms with Crippen LogP contribution in [-0.4, -0.2) is 17.6 Å². The molecular formula is C20H17N2O3S2+. The number of hydrogen-bond acceptors (Lipinski definition) is 5. The highest BCUT2D eigenvalue weighted by molar-refractivity contribution is 7.80. The normalized spacial score (nSPS) is 13.2. The van der Waals surface area contributed by atoms with E-state index in [1.165, 1.54) is 11.3 Å². The number of nitrogens with one attached hydrogen (secondary N) is 1. The molecule has 0 bridgehead atoms. The number of aromatic nitrogens is 1. The Morgan fingerprint density at radius 2 is 1.96 bits per heavy atom. The Bertz CT molecular complexity index is 959. The number of Topliss-reactive ketones (excluding diaryl/α,β-unsaturated/α-hetero) is 1. The van der Waals surface area contributed by atoms with Gasteiger partial charge in [0.15, 0.2) is 28.9 Å². The summed E-state index contributed by atoms with van der Waals surface area (Å²) in [5, 5.41) is 5.12. The lowest BCUT2D eigenvalue weighted by Gasteiger charge is -2.14. The van der Waals surface area contributed by atoms with Crippen LogP contribution in [0.2, 0.25) is 0 Å². The molecule has 1 N–H and O–H groups in total. The molecule has 3 aromatic rings. The molecule has 0 radical (unpaired) electrons. The van der Waals surface area contributed by atoms with Crippen LogP contribution < -0.4 is 19.4 Å². The smallest absolute Gasteiger partial charge is 0.271 e. The van der Waals surface area contributed by atoms with E-state index in [0.717, 1.165) is 17.1 Å². The van der Waals surface area contributed by atoms with E-state index >= 15 is 0 Å². The number of ketones is 1. The molecule has 1 aliphatic rings. The number of thiophene rings is 1. The molecule has 3 heterocycles. The highest BCUT2D eigenvalue weighted by Crippen LogP contribution is 2.32. The third-order valence-corrected chi connectivity index (χ3v) is 5.45. The van der Waals surface area contributed by atoms with Gasteiger partial charge in [-0.25, -0.2) is 0 Å². The van der Waals surface area contributed by atoms with Crippen molar-refractivity contribution < 1.29 is 18.8 Å². The lowest BCUT2D eigenvalue weighted by molar-refractivity contribution is -0.692. The van der Waals surface area contributed by atoms with E-state index in [-0.39, 0.29) is 12.6 Å².